The summed E-state index contributed by atoms with van der Waals surface area (Å²) in [6.45, 7) is 0. The van der Waals surface area contributed by atoms with Gasteiger partial charge in [-0.25, -0.2) is 4.39 Å². The lowest BCUT2D eigenvalue weighted by molar-refractivity contribution is -0.154. The van der Waals surface area contributed by atoms with Gasteiger partial charge < -0.3 is 5.02 Å². The van der Waals surface area contributed by atoms with Gasteiger partial charge in [-0.15, -0.1) is 0 Å². The third kappa shape index (κ3) is 1.76. The molecule has 1 aromatic rings. The van der Waals surface area contributed by atoms with Crippen LogP contribution in [0, 0.1) is 5.82 Å². The maximum Gasteiger partial charge on any atom is 0.525 e. The largest absolute Gasteiger partial charge is 0.525 e. The van der Waals surface area contributed by atoms with E-state index in [4.69, 9.17) is 21.9 Å². The van der Waals surface area contributed by atoms with Crippen LogP contribution < -0.4 is 5.46 Å². The summed E-state index contributed by atoms with van der Waals surface area (Å²) in [5, 5.41) is 16.8. The van der Waals surface area contributed by atoms with Crippen molar-refractivity contribution in [3.63, 3.8) is 0 Å². The van der Waals surface area contributed by atoms with E-state index in [-0.39, 0.29) is 10.5 Å². The Balaban J connectivity index is 3.07. The van der Waals surface area contributed by atoms with Crippen molar-refractivity contribution in [3.05, 3.63) is 29.0 Å². The second kappa shape index (κ2) is 3.86. The Labute approximate surface area is 73.4 Å². The molecule has 0 spiro atoms. The number of hydrogen-bond acceptors (Lipinski definition) is 3. The van der Waals surface area contributed by atoms with E-state index in [1.165, 1.54) is 18.2 Å². The molecule has 0 aromatic heterocycles. The van der Waals surface area contributed by atoms with Gasteiger partial charge in [0.2, 0.25) is 0 Å². The predicted molar refractivity (Wildman–Crippen MR) is 42.7 cm³/mol. The smallest absolute Gasteiger partial charge is 0.422 e. The topological polar surface area (TPSA) is 49.7 Å². The fraction of sp³-hybridized carbons (Fsp3) is 0. The zero-order chi connectivity index (χ0) is 9.14. The van der Waals surface area contributed by atoms with Gasteiger partial charge in [-0.3, -0.25) is 10.1 Å². The van der Waals surface area contributed by atoms with Crippen molar-refractivity contribution >= 4 is 24.2 Å². The van der Waals surface area contributed by atoms with Crippen LogP contribution in [0.3, 0.4) is 0 Å². The Hall–Kier alpha value is -0.615. The second-order valence-electron chi connectivity index (χ2n) is 2.10. The Morgan fingerprint density at radius 1 is 1.50 bits per heavy atom. The van der Waals surface area contributed by atoms with E-state index in [1.807, 2.05) is 0 Å². The van der Waals surface area contributed by atoms with Crippen LogP contribution >= 0.6 is 11.6 Å². The average molecular weight is 190 g/mol. The first kappa shape index (κ1) is 9.47. The fourth-order valence-electron chi connectivity index (χ4n) is 0.768. The molecule has 0 bridgehead atoms. The molecule has 2 N–H and O–H groups in total. The minimum atomic E-state index is -1.70. The Morgan fingerprint density at radius 3 is 2.75 bits per heavy atom. The highest BCUT2D eigenvalue weighted by Gasteiger charge is 2.21. The van der Waals surface area contributed by atoms with Gasteiger partial charge >= 0.3 is 7.12 Å². The molecule has 0 unspecified atom stereocenters. The Morgan fingerprint density at radius 2 is 2.17 bits per heavy atom. The maximum atomic E-state index is 13.0. The molecule has 1 aromatic carbocycles. The summed E-state index contributed by atoms with van der Waals surface area (Å²) in [5.74, 6) is -0.805. The molecular weight excluding hydrogens is 185 g/mol. The van der Waals surface area contributed by atoms with Gasteiger partial charge in [0.25, 0.3) is 0 Å². The van der Waals surface area contributed by atoms with E-state index in [2.05, 4.69) is 4.81 Å². The molecule has 0 radical (unpaired) electrons. The first-order chi connectivity index (χ1) is 5.66. The van der Waals surface area contributed by atoms with Crippen molar-refractivity contribution in [2.24, 2.45) is 0 Å². The summed E-state index contributed by atoms with van der Waals surface area (Å²) >= 11 is 5.39. The molecule has 6 heteroatoms. The molecule has 0 heterocycles. The summed E-state index contributed by atoms with van der Waals surface area (Å²) < 4.78 is 13.0. The van der Waals surface area contributed by atoms with Crippen molar-refractivity contribution in [3.8, 4) is 0 Å². The molecule has 12 heavy (non-hydrogen) atoms. The van der Waals surface area contributed by atoms with Gasteiger partial charge in [0.05, 0.1) is 5.02 Å². The molecule has 0 aliphatic carbocycles. The zero-order valence-corrected chi connectivity index (χ0v) is 6.62. The van der Waals surface area contributed by atoms with Gasteiger partial charge in [-0.05, 0) is 6.07 Å². The van der Waals surface area contributed by atoms with Gasteiger partial charge in [0.15, 0.2) is 0 Å². The second-order valence-corrected chi connectivity index (χ2v) is 2.51. The average Bonchev–Trinajstić information content (AvgIpc) is 2.08. The molecule has 0 fully saturated rings. The number of rotatable bonds is 2. The first-order valence-corrected chi connectivity index (χ1v) is 3.47. The molecule has 0 saturated carbocycles. The highest BCUT2D eigenvalue weighted by atomic mass is 35.5. The van der Waals surface area contributed by atoms with Crippen LogP contribution in [0.5, 0.6) is 0 Å². The SMILES string of the molecule is OOB(O)c1cccc(Cl)c1F. The van der Waals surface area contributed by atoms with Crippen LogP contribution in [-0.2, 0) is 4.81 Å². The lowest BCUT2D eigenvalue weighted by Gasteiger charge is -2.03. The normalized spacial score (nSPS) is 10.0. The van der Waals surface area contributed by atoms with Crippen LogP contribution in [0.4, 0.5) is 4.39 Å². The Bertz CT molecular complexity index is 283. The highest BCUT2D eigenvalue weighted by Crippen LogP contribution is 2.11. The third-order valence-corrected chi connectivity index (χ3v) is 1.64. The molecule has 0 atom stereocenters. The van der Waals surface area contributed by atoms with Crippen LogP contribution in [0.1, 0.15) is 0 Å². The van der Waals surface area contributed by atoms with Crippen molar-refractivity contribution in [1.29, 1.82) is 0 Å². The minimum Gasteiger partial charge on any atom is -0.422 e. The molecule has 3 nitrogen and oxygen atoms in total. The molecule has 0 aliphatic heterocycles. The predicted octanol–water partition coefficient (Wildman–Crippen LogP) is 0.656. The molecule has 0 aliphatic rings. The third-order valence-electron chi connectivity index (χ3n) is 1.35. The molecule has 0 amide bonds. The number of halogens is 2. The lowest BCUT2D eigenvalue weighted by Crippen LogP contribution is -2.35. The molecular formula is C6H5BClFO3. The monoisotopic (exact) mass is 190 g/mol. The van der Waals surface area contributed by atoms with Crippen molar-refractivity contribution < 1.29 is 19.5 Å². The van der Waals surface area contributed by atoms with Crippen molar-refractivity contribution in [1.82, 2.24) is 0 Å². The van der Waals surface area contributed by atoms with Crippen LogP contribution in [0.2, 0.25) is 5.02 Å². The van der Waals surface area contributed by atoms with Gasteiger partial charge in [0, 0.05) is 5.46 Å². The fourth-order valence-corrected chi connectivity index (χ4v) is 0.950. The molecule has 1 rings (SSSR count). The summed E-state index contributed by atoms with van der Waals surface area (Å²) in [6.07, 6.45) is 0. The number of hydrogen-bond donors (Lipinski definition) is 2. The minimum absolute atomic E-state index is 0.136. The van der Waals surface area contributed by atoms with E-state index in [0.717, 1.165) is 0 Å². The van der Waals surface area contributed by atoms with E-state index in [9.17, 15) is 4.39 Å². The van der Waals surface area contributed by atoms with Crippen LogP contribution in [0.15, 0.2) is 18.2 Å². The van der Waals surface area contributed by atoms with E-state index >= 15 is 0 Å². The van der Waals surface area contributed by atoms with E-state index in [0.29, 0.717) is 0 Å². The number of benzene rings is 1. The van der Waals surface area contributed by atoms with Crippen LogP contribution in [0.25, 0.3) is 0 Å². The Kier molecular flexibility index (Phi) is 3.05. The first-order valence-electron chi connectivity index (χ1n) is 3.09. The molecule has 64 valence electrons. The van der Waals surface area contributed by atoms with Gasteiger partial charge in [0.1, 0.15) is 5.82 Å². The summed E-state index contributed by atoms with van der Waals surface area (Å²) in [6, 6.07) is 4.01. The quantitative estimate of drug-likeness (QED) is 0.409. The highest BCUT2D eigenvalue weighted by molar-refractivity contribution is 6.60. The van der Waals surface area contributed by atoms with Gasteiger partial charge in [-0.1, -0.05) is 23.7 Å². The van der Waals surface area contributed by atoms with Crippen molar-refractivity contribution in [2.45, 2.75) is 0 Å². The summed E-state index contributed by atoms with van der Waals surface area (Å²) in [4.78, 5) is 3.53. The zero-order valence-electron chi connectivity index (χ0n) is 5.87. The lowest BCUT2D eigenvalue weighted by atomic mass is 9.80. The van der Waals surface area contributed by atoms with Crippen molar-refractivity contribution in [2.75, 3.05) is 0 Å². The van der Waals surface area contributed by atoms with E-state index in [1.54, 1.807) is 0 Å². The summed E-state index contributed by atoms with van der Waals surface area (Å²) in [7, 11) is -1.70. The molecule has 0 saturated heterocycles. The summed E-state index contributed by atoms with van der Waals surface area (Å²) in [5.41, 5.74) is -0.204. The standard InChI is InChI=1S/C6H5BClFO3/c8-5-3-1-2-4(6(5)9)7(10)12-11/h1-3,10-11H. The van der Waals surface area contributed by atoms with E-state index < -0.39 is 12.9 Å². The maximum absolute atomic E-state index is 13.0. The van der Waals surface area contributed by atoms with Gasteiger partial charge in [-0.2, -0.15) is 0 Å². The van der Waals surface area contributed by atoms with Crippen LogP contribution in [-0.4, -0.2) is 17.4 Å².